The Labute approximate surface area is 115 Å². The monoisotopic (exact) mass is 262 g/mol. The van der Waals surface area contributed by atoms with Crippen molar-refractivity contribution in [3.8, 4) is 0 Å². The van der Waals surface area contributed by atoms with Gasteiger partial charge in [0.2, 0.25) is 0 Å². The number of hydrogen-bond acceptors (Lipinski definition) is 4. The first-order valence-corrected chi connectivity index (χ1v) is 6.84. The van der Waals surface area contributed by atoms with Gasteiger partial charge in [0.05, 0.1) is 7.11 Å². The molecule has 4 nitrogen and oxygen atoms in total. The van der Waals surface area contributed by atoms with Crippen LogP contribution < -0.4 is 4.90 Å². The predicted molar refractivity (Wildman–Crippen MR) is 76.3 cm³/mol. The minimum atomic E-state index is -0.152. The smallest absolute Gasteiger partial charge is 0.322 e. The number of carbonyl (C=O) groups is 1. The quantitative estimate of drug-likeness (QED) is 0.777. The molecule has 1 aromatic rings. The average Bonchev–Trinajstić information content (AvgIpc) is 2.72. The number of methoxy groups -OCH3 is 1. The molecule has 0 aliphatic carbocycles. The Kier molecular flexibility index (Phi) is 4.80. The number of anilines is 1. The molecule has 1 saturated heterocycles. The summed E-state index contributed by atoms with van der Waals surface area (Å²) in [7, 11) is 1.45. The van der Waals surface area contributed by atoms with Gasteiger partial charge >= 0.3 is 5.97 Å². The molecule has 0 radical (unpaired) electrons. The SMILES string of the molecule is COC(=O)[C@H](C)N1CCCN(c2ccccc2)CC1. The lowest BCUT2D eigenvalue weighted by molar-refractivity contribution is -0.146. The van der Waals surface area contributed by atoms with E-state index in [1.54, 1.807) is 0 Å². The van der Waals surface area contributed by atoms with E-state index in [9.17, 15) is 4.79 Å². The molecule has 104 valence electrons. The third-order valence-corrected chi connectivity index (χ3v) is 3.74. The molecule has 1 aliphatic heterocycles. The van der Waals surface area contributed by atoms with E-state index in [4.69, 9.17) is 4.74 Å². The van der Waals surface area contributed by atoms with Crippen molar-refractivity contribution < 1.29 is 9.53 Å². The van der Waals surface area contributed by atoms with Gasteiger partial charge in [-0.05, 0) is 25.5 Å². The van der Waals surface area contributed by atoms with E-state index in [0.717, 1.165) is 32.6 Å². The van der Waals surface area contributed by atoms with Gasteiger partial charge in [-0.2, -0.15) is 0 Å². The number of para-hydroxylation sites is 1. The average molecular weight is 262 g/mol. The van der Waals surface area contributed by atoms with Crippen LogP contribution in [0.5, 0.6) is 0 Å². The standard InChI is InChI=1S/C15H22N2O2/c1-13(15(18)19-2)16-9-6-10-17(12-11-16)14-7-4-3-5-8-14/h3-5,7-8,13H,6,9-12H2,1-2H3/t13-/m0/s1. The van der Waals surface area contributed by atoms with Crippen LogP contribution in [0.1, 0.15) is 13.3 Å². The van der Waals surface area contributed by atoms with Crippen LogP contribution in [0.4, 0.5) is 5.69 Å². The molecule has 0 aromatic heterocycles. The molecular formula is C15H22N2O2. The number of hydrogen-bond donors (Lipinski definition) is 0. The van der Waals surface area contributed by atoms with Crippen LogP contribution in [-0.4, -0.2) is 50.2 Å². The molecule has 0 unspecified atom stereocenters. The summed E-state index contributed by atoms with van der Waals surface area (Å²) in [5.41, 5.74) is 1.26. The highest BCUT2D eigenvalue weighted by atomic mass is 16.5. The predicted octanol–water partition coefficient (Wildman–Crippen LogP) is 1.76. The summed E-state index contributed by atoms with van der Waals surface area (Å²) in [6.07, 6.45) is 1.07. The van der Waals surface area contributed by atoms with Crippen LogP contribution in [0, 0.1) is 0 Å². The second-order valence-corrected chi connectivity index (χ2v) is 4.91. The molecular weight excluding hydrogens is 240 g/mol. The van der Waals surface area contributed by atoms with Crippen molar-refractivity contribution in [1.29, 1.82) is 0 Å². The maximum absolute atomic E-state index is 11.6. The van der Waals surface area contributed by atoms with Crippen molar-refractivity contribution >= 4 is 11.7 Å². The molecule has 4 heteroatoms. The minimum Gasteiger partial charge on any atom is -0.468 e. The lowest BCUT2D eigenvalue weighted by Crippen LogP contribution is -2.41. The second kappa shape index (κ2) is 6.57. The Morgan fingerprint density at radius 1 is 1.16 bits per heavy atom. The van der Waals surface area contributed by atoms with Gasteiger partial charge in [0.25, 0.3) is 0 Å². The molecule has 0 spiro atoms. The van der Waals surface area contributed by atoms with Crippen molar-refractivity contribution in [2.24, 2.45) is 0 Å². The first kappa shape index (κ1) is 13.9. The van der Waals surface area contributed by atoms with Gasteiger partial charge in [0.15, 0.2) is 0 Å². The Balaban J connectivity index is 1.97. The second-order valence-electron chi connectivity index (χ2n) is 4.91. The highest BCUT2D eigenvalue weighted by Crippen LogP contribution is 2.16. The van der Waals surface area contributed by atoms with Crippen LogP contribution in [0.15, 0.2) is 30.3 Å². The van der Waals surface area contributed by atoms with Crippen LogP contribution in [0.25, 0.3) is 0 Å². The van der Waals surface area contributed by atoms with Gasteiger partial charge in [-0.25, -0.2) is 0 Å². The molecule has 0 amide bonds. The zero-order valence-corrected chi connectivity index (χ0v) is 11.7. The summed E-state index contributed by atoms with van der Waals surface area (Å²) in [4.78, 5) is 16.2. The van der Waals surface area contributed by atoms with Crippen LogP contribution in [0.2, 0.25) is 0 Å². The number of carbonyl (C=O) groups excluding carboxylic acids is 1. The molecule has 19 heavy (non-hydrogen) atoms. The topological polar surface area (TPSA) is 32.8 Å². The number of benzene rings is 1. The highest BCUT2D eigenvalue weighted by Gasteiger charge is 2.24. The lowest BCUT2D eigenvalue weighted by Gasteiger charge is -2.26. The fourth-order valence-electron chi connectivity index (χ4n) is 2.54. The molecule has 0 bridgehead atoms. The third-order valence-electron chi connectivity index (χ3n) is 3.74. The summed E-state index contributed by atoms with van der Waals surface area (Å²) in [5.74, 6) is -0.145. The highest BCUT2D eigenvalue weighted by molar-refractivity contribution is 5.75. The molecule has 2 rings (SSSR count). The molecule has 0 saturated carbocycles. The number of ether oxygens (including phenoxy) is 1. The van der Waals surface area contributed by atoms with E-state index < -0.39 is 0 Å². The van der Waals surface area contributed by atoms with E-state index in [2.05, 4.69) is 34.1 Å². The van der Waals surface area contributed by atoms with Gasteiger partial charge in [-0.15, -0.1) is 0 Å². The van der Waals surface area contributed by atoms with Crippen molar-refractivity contribution in [1.82, 2.24) is 4.90 Å². The molecule has 1 fully saturated rings. The maximum atomic E-state index is 11.6. The van der Waals surface area contributed by atoms with E-state index in [1.807, 2.05) is 13.0 Å². The summed E-state index contributed by atoms with van der Waals surface area (Å²) in [5, 5.41) is 0. The van der Waals surface area contributed by atoms with Gasteiger partial charge < -0.3 is 9.64 Å². The van der Waals surface area contributed by atoms with Crippen LogP contribution in [-0.2, 0) is 9.53 Å². The summed E-state index contributed by atoms with van der Waals surface area (Å²) < 4.78 is 4.82. The van der Waals surface area contributed by atoms with E-state index >= 15 is 0 Å². The Bertz CT molecular complexity index is 408. The normalized spacial score (nSPS) is 18.7. The van der Waals surface area contributed by atoms with Gasteiger partial charge in [-0.3, -0.25) is 9.69 Å². The zero-order valence-electron chi connectivity index (χ0n) is 11.7. The summed E-state index contributed by atoms with van der Waals surface area (Å²) in [6.45, 7) is 5.74. The van der Waals surface area contributed by atoms with Crippen LogP contribution in [0.3, 0.4) is 0 Å². The number of rotatable bonds is 3. The fourth-order valence-corrected chi connectivity index (χ4v) is 2.54. The van der Waals surface area contributed by atoms with Gasteiger partial charge in [-0.1, -0.05) is 18.2 Å². The summed E-state index contributed by atoms with van der Waals surface area (Å²) >= 11 is 0. The van der Waals surface area contributed by atoms with E-state index in [0.29, 0.717) is 0 Å². The molecule has 1 aromatic carbocycles. The molecule has 0 N–H and O–H groups in total. The Morgan fingerprint density at radius 2 is 1.89 bits per heavy atom. The molecule has 1 atom stereocenters. The van der Waals surface area contributed by atoms with Gasteiger partial charge in [0.1, 0.15) is 6.04 Å². The molecule has 1 aliphatic rings. The minimum absolute atomic E-state index is 0.145. The van der Waals surface area contributed by atoms with Gasteiger partial charge in [0, 0.05) is 31.9 Å². The first-order valence-electron chi connectivity index (χ1n) is 6.84. The number of nitrogens with zero attached hydrogens (tertiary/aromatic N) is 2. The van der Waals surface area contributed by atoms with Crippen molar-refractivity contribution in [2.75, 3.05) is 38.2 Å². The Morgan fingerprint density at radius 3 is 2.58 bits per heavy atom. The van der Waals surface area contributed by atoms with Crippen molar-refractivity contribution in [3.05, 3.63) is 30.3 Å². The first-order chi connectivity index (χ1) is 9.22. The summed E-state index contributed by atoms with van der Waals surface area (Å²) in [6, 6.07) is 10.3. The van der Waals surface area contributed by atoms with Crippen LogP contribution >= 0.6 is 0 Å². The largest absolute Gasteiger partial charge is 0.468 e. The number of esters is 1. The fraction of sp³-hybridized carbons (Fsp3) is 0.533. The third kappa shape index (κ3) is 3.47. The van der Waals surface area contributed by atoms with E-state index in [-0.39, 0.29) is 12.0 Å². The lowest BCUT2D eigenvalue weighted by atomic mass is 10.2. The van der Waals surface area contributed by atoms with E-state index in [1.165, 1.54) is 12.8 Å². The van der Waals surface area contributed by atoms with Crippen molar-refractivity contribution in [2.45, 2.75) is 19.4 Å². The maximum Gasteiger partial charge on any atom is 0.322 e. The van der Waals surface area contributed by atoms with Crippen molar-refractivity contribution in [3.63, 3.8) is 0 Å². The molecule has 1 heterocycles. The zero-order chi connectivity index (χ0) is 13.7. The Hall–Kier alpha value is -1.55.